The van der Waals surface area contributed by atoms with Crippen molar-refractivity contribution in [1.82, 2.24) is 25.1 Å². The molecule has 0 aliphatic carbocycles. The zero-order valence-corrected chi connectivity index (χ0v) is 15.0. The molecular weight excluding hydrogens is 371 g/mol. The van der Waals surface area contributed by atoms with Crippen LogP contribution in [0.4, 0.5) is 13.2 Å². The van der Waals surface area contributed by atoms with E-state index in [1.165, 1.54) is 6.20 Å². The summed E-state index contributed by atoms with van der Waals surface area (Å²) in [6.45, 7) is 2.29. The first-order valence-electron chi connectivity index (χ1n) is 9.00. The summed E-state index contributed by atoms with van der Waals surface area (Å²) < 4.78 is 39.3. The van der Waals surface area contributed by atoms with Crippen LogP contribution in [0.1, 0.15) is 24.2 Å². The Kier molecular flexibility index (Phi) is 4.84. The Morgan fingerprint density at radius 1 is 1.07 bits per heavy atom. The van der Waals surface area contributed by atoms with Gasteiger partial charge in [-0.3, -0.25) is 24.8 Å². The highest BCUT2D eigenvalue weighted by Gasteiger charge is 2.36. The minimum absolute atomic E-state index is 0.0808. The van der Waals surface area contributed by atoms with Gasteiger partial charge in [0.05, 0.1) is 30.4 Å². The fraction of sp³-hybridized carbons (Fsp3) is 0.368. The van der Waals surface area contributed by atoms with Gasteiger partial charge < -0.3 is 0 Å². The number of hydrogen-bond acceptors (Lipinski definition) is 5. The number of aromatic amines is 1. The average Bonchev–Trinajstić information content (AvgIpc) is 3.32. The molecule has 0 aromatic carbocycles. The minimum Gasteiger partial charge on any atom is -0.298 e. The van der Waals surface area contributed by atoms with E-state index in [1.807, 2.05) is 5.10 Å². The lowest BCUT2D eigenvalue weighted by molar-refractivity contribution is -0.140. The number of H-pyrrole nitrogens is 1. The summed E-state index contributed by atoms with van der Waals surface area (Å²) in [6, 6.07) is 3.29. The lowest BCUT2D eigenvalue weighted by Crippen LogP contribution is -2.27. The molecule has 9 heteroatoms. The molecule has 3 aromatic rings. The van der Waals surface area contributed by atoms with Crippen LogP contribution in [0, 0.1) is 0 Å². The quantitative estimate of drug-likeness (QED) is 0.725. The first-order valence-corrected chi connectivity index (χ1v) is 9.00. The number of nitrogens with zero attached hydrogens (tertiary/aromatic N) is 4. The highest BCUT2D eigenvalue weighted by Crippen LogP contribution is 2.35. The van der Waals surface area contributed by atoms with E-state index in [0.29, 0.717) is 23.0 Å². The summed E-state index contributed by atoms with van der Waals surface area (Å²) >= 11 is 0. The third kappa shape index (κ3) is 3.89. The fourth-order valence-corrected chi connectivity index (χ4v) is 3.47. The maximum absolute atomic E-state index is 13.1. The van der Waals surface area contributed by atoms with E-state index in [-0.39, 0.29) is 23.5 Å². The number of likely N-dealkylation sites (tertiary alicyclic amines) is 1. The molecule has 1 fully saturated rings. The van der Waals surface area contributed by atoms with Crippen molar-refractivity contribution < 1.29 is 18.0 Å². The molecule has 4 heterocycles. The summed E-state index contributed by atoms with van der Waals surface area (Å²) in [5.74, 6) is 0.0808. The largest absolute Gasteiger partial charge is 0.433 e. The van der Waals surface area contributed by atoms with Crippen LogP contribution in [-0.2, 0) is 17.4 Å². The van der Waals surface area contributed by atoms with E-state index in [4.69, 9.17) is 0 Å². The normalized spacial score (nSPS) is 15.4. The summed E-state index contributed by atoms with van der Waals surface area (Å²) in [5.41, 5.74) is -0.293. The van der Waals surface area contributed by atoms with Crippen LogP contribution in [0.15, 0.2) is 30.7 Å². The SMILES string of the molecule is O=C(Cc1cc2cc(-c3cn[nH]c3C(F)(F)F)ncc2cn1)CN1CCCC1. The van der Waals surface area contributed by atoms with E-state index >= 15 is 0 Å². The number of pyridine rings is 2. The minimum atomic E-state index is -4.55. The van der Waals surface area contributed by atoms with E-state index in [9.17, 15) is 18.0 Å². The molecule has 28 heavy (non-hydrogen) atoms. The molecule has 1 aliphatic heterocycles. The van der Waals surface area contributed by atoms with E-state index in [1.54, 1.807) is 18.3 Å². The second-order valence-electron chi connectivity index (χ2n) is 6.95. The highest BCUT2D eigenvalue weighted by molar-refractivity contribution is 5.87. The van der Waals surface area contributed by atoms with Crippen molar-refractivity contribution in [1.29, 1.82) is 0 Å². The molecule has 0 atom stereocenters. The zero-order valence-electron chi connectivity index (χ0n) is 15.0. The standard InChI is InChI=1S/C19H18F3N5O/c20-19(21,22)18-16(10-25-26-18)17-6-12-5-14(23-8-13(12)9-24-17)7-15(28)11-27-3-1-2-4-27/h5-6,8-10H,1-4,7,11H2,(H,25,26). The average molecular weight is 389 g/mol. The van der Waals surface area contributed by atoms with Gasteiger partial charge in [-0.2, -0.15) is 18.3 Å². The molecule has 0 amide bonds. The molecule has 0 unspecified atom stereocenters. The Bertz CT molecular complexity index is 1010. The molecule has 0 spiro atoms. The van der Waals surface area contributed by atoms with Gasteiger partial charge in [0.25, 0.3) is 0 Å². The second-order valence-corrected chi connectivity index (χ2v) is 6.95. The summed E-state index contributed by atoms with van der Waals surface area (Å²) in [4.78, 5) is 22.8. The van der Waals surface area contributed by atoms with Gasteiger partial charge >= 0.3 is 6.18 Å². The van der Waals surface area contributed by atoms with E-state index < -0.39 is 11.9 Å². The molecular formula is C19H18F3N5O. The number of Topliss-reactive ketones (excluding diaryl/α,β-unsaturated/α-hetero) is 1. The Hall–Kier alpha value is -2.81. The summed E-state index contributed by atoms with van der Waals surface area (Å²) in [5, 5.41) is 6.86. The zero-order chi connectivity index (χ0) is 19.7. The number of halogens is 3. The first kappa shape index (κ1) is 18.5. The number of hydrogen-bond donors (Lipinski definition) is 1. The third-order valence-electron chi connectivity index (χ3n) is 4.84. The van der Waals surface area contributed by atoms with Gasteiger partial charge in [0.2, 0.25) is 0 Å². The summed E-state index contributed by atoms with van der Waals surface area (Å²) in [7, 11) is 0. The van der Waals surface area contributed by atoms with Gasteiger partial charge in [0.1, 0.15) is 5.69 Å². The predicted octanol–water partition coefficient (Wildman–Crippen LogP) is 3.25. The molecule has 6 nitrogen and oxygen atoms in total. The van der Waals surface area contributed by atoms with Crippen molar-refractivity contribution in [2.24, 2.45) is 0 Å². The van der Waals surface area contributed by atoms with Crippen LogP contribution >= 0.6 is 0 Å². The second kappa shape index (κ2) is 7.31. The Balaban J connectivity index is 1.59. The van der Waals surface area contributed by atoms with Gasteiger partial charge in [0.15, 0.2) is 5.78 Å². The molecule has 4 rings (SSSR count). The summed E-state index contributed by atoms with van der Waals surface area (Å²) in [6.07, 6.45) is 2.05. The molecule has 0 bridgehead atoms. The maximum atomic E-state index is 13.1. The molecule has 0 radical (unpaired) electrons. The lowest BCUT2D eigenvalue weighted by Gasteiger charge is -2.13. The van der Waals surface area contributed by atoms with Crippen molar-refractivity contribution in [3.05, 3.63) is 42.1 Å². The van der Waals surface area contributed by atoms with Crippen LogP contribution in [0.25, 0.3) is 22.0 Å². The van der Waals surface area contributed by atoms with Crippen LogP contribution in [-0.4, -0.2) is 50.5 Å². The van der Waals surface area contributed by atoms with Crippen LogP contribution in [0.2, 0.25) is 0 Å². The number of fused-ring (bicyclic) bond motifs is 1. The number of carbonyl (C=O) groups is 1. The Labute approximate surface area is 158 Å². The highest BCUT2D eigenvalue weighted by atomic mass is 19.4. The molecule has 3 aromatic heterocycles. The number of ketones is 1. The van der Waals surface area contributed by atoms with E-state index in [0.717, 1.165) is 32.1 Å². The van der Waals surface area contributed by atoms with Crippen LogP contribution < -0.4 is 0 Å². The number of aromatic nitrogens is 4. The number of rotatable bonds is 5. The number of alkyl halides is 3. The van der Waals surface area contributed by atoms with Crippen molar-refractivity contribution >= 4 is 16.6 Å². The van der Waals surface area contributed by atoms with Gasteiger partial charge in [-0.1, -0.05) is 0 Å². The number of nitrogens with one attached hydrogen (secondary N) is 1. The topological polar surface area (TPSA) is 74.8 Å². The molecule has 146 valence electrons. The molecule has 0 saturated carbocycles. The van der Waals surface area contributed by atoms with Crippen molar-refractivity contribution in [3.63, 3.8) is 0 Å². The van der Waals surface area contributed by atoms with Gasteiger partial charge in [0, 0.05) is 23.5 Å². The maximum Gasteiger partial charge on any atom is 0.433 e. The molecule has 1 N–H and O–H groups in total. The third-order valence-corrected chi connectivity index (χ3v) is 4.84. The Morgan fingerprint density at radius 2 is 1.82 bits per heavy atom. The Morgan fingerprint density at radius 3 is 2.57 bits per heavy atom. The van der Waals surface area contributed by atoms with Gasteiger partial charge in [-0.25, -0.2) is 0 Å². The molecule has 1 aliphatic rings. The lowest BCUT2D eigenvalue weighted by atomic mass is 10.1. The number of carbonyl (C=O) groups excluding carboxylic acids is 1. The van der Waals surface area contributed by atoms with Gasteiger partial charge in [-0.05, 0) is 43.5 Å². The van der Waals surface area contributed by atoms with Crippen LogP contribution in [0.3, 0.4) is 0 Å². The van der Waals surface area contributed by atoms with Crippen molar-refractivity contribution in [3.8, 4) is 11.3 Å². The van der Waals surface area contributed by atoms with Crippen LogP contribution in [0.5, 0.6) is 0 Å². The predicted molar refractivity (Wildman–Crippen MR) is 96.5 cm³/mol. The van der Waals surface area contributed by atoms with Crippen molar-refractivity contribution in [2.75, 3.05) is 19.6 Å². The van der Waals surface area contributed by atoms with Crippen molar-refractivity contribution in [2.45, 2.75) is 25.4 Å². The smallest absolute Gasteiger partial charge is 0.298 e. The van der Waals surface area contributed by atoms with Gasteiger partial charge in [-0.15, -0.1) is 0 Å². The monoisotopic (exact) mass is 389 g/mol. The van der Waals surface area contributed by atoms with E-state index in [2.05, 4.69) is 20.0 Å². The molecule has 1 saturated heterocycles. The first-order chi connectivity index (χ1) is 13.4. The fourth-order valence-electron chi connectivity index (χ4n) is 3.47.